The van der Waals surface area contributed by atoms with Crippen LogP contribution in [0.1, 0.15) is 59.8 Å². The molecule has 2 fully saturated rings. The zero-order chi connectivity index (χ0) is 29.0. The molecule has 0 radical (unpaired) electrons. The van der Waals surface area contributed by atoms with Gasteiger partial charge in [-0.3, -0.25) is 14.5 Å². The Balaban J connectivity index is 1.25. The summed E-state index contributed by atoms with van der Waals surface area (Å²) in [5.74, 6) is -0.560. The third-order valence-electron chi connectivity index (χ3n) is 8.48. The van der Waals surface area contributed by atoms with E-state index < -0.39 is 18.5 Å². The molecule has 3 aliphatic rings. The minimum Gasteiger partial charge on any atom is -0.448 e. The monoisotopic (exact) mass is 599 g/mol. The van der Waals surface area contributed by atoms with Gasteiger partial charge >= 0.3 is 6.18 Å². The highest BCUT2D eigenvalue weighted by Crippen LogP contribution is 2.54. The number of ether oxygens (including phenoxy) is 2. The third kappa shape index (κ3) is 5.56. The van der Waals surface area contributed by atoms with Gasteiger partial charge in [-0.05, 0) is 63.3 Å². The molecule has 2 N–H and O–H groups in total. The predicted octanol–water partition coefficient (Wildman–Crippen LogP) is 5.84. The first kappa shape index (κ1) is 29.1. The number of nitrogens with zero attached hydrogens (tertiary/aromatic N) is 1. The molecule has 3 heterocycles. The molecule has 1 spiro atoms. The molecule has 12 heteroatoms. The van der Waals surface area contributed by atoms with E-state index in [2.05, 4.69) is 10.3 Å². The maximum atomic E-state index is 13.2. The van der Waals surface area contributed by atoms with Crippen LogP contribution in [-0.4, -0.2) is 53.6 Å². The van der Waals surface area contributed by atoms with Crippen molar-refractivity contribution in [1.29, 1.82) is 0 Å². The Morgan fingerprint density at radius 1 is 1.20 bits per heavy atom. The summed E-state index contributed by atoms with van der Waals surface area (Å²) in [6.45, 7) is 5.56. The van der Waals surface area contributed by atoms with Gasteiger partial charge in [-0.25, -0.2) is 0 Å². The second-order valence-corrected chi connectivity index (χ2v) is 12.7. The van der Waals surface area contributed by atoms with E-state index in [1.54, 1.807) is 19.9 Å². The van der Waals surface area contributed by atoms with E-state index in [-0.39, 0.29) is 34.4 Å². The number of rotatable bonds is 6. The van der Waals surface area contributed by atoms with Gasteiger partial charge in [0.2, 0.25) is 0 Å². The number of alkyl halides is 3. The van der Waals surface area contributed by atoms with Crippen molar-refractivity contribution in [2.24, 2.45) is 11.3 Å². The summed E-state index contributed by atoms with van der Waals surface area (Å²) in [5.41, 5.74) is 1.81. The zero-order valence-corrected chi connectivity index (χ0v) is 24.5. The average Bonchev–Trinajstić information content (AvgIpc) is 3.23. The lowest BCUT2D eigenvalue weighted by molar-refractivity contribution is -0.181. The summed E-state index contributed by atoms with van der Waals surface area (Å²) in [4.78, 5) is 30.7. The van der Waals surface area contributed by atoms with Crippen LogP contribution in [0.4, 0.5) is 13.2 Å². The lowest BCUT2D eigenvalue weighted by Gasteiger charge is -2.54. The Bertz CT molecular complexity index is 1380. The van der Waals surface area contributed by atoms with Gasteiger partial charge in [0.1, 0.15) is 0 Å². The van der Waals surface area contributed by atoms with Gasteiger partial charge in [-0.15, -0.1) is 11.8 Å². The topological polar surface area (TPSA) is 83.7 Å². The highest BCUT2D eigenvalue weighted by molar-refractivity contribution is 7.98. The van der Waals surface area contributed by atoms with Crippen LogP contribution in [0.15, 0.2) is 21.8 Å². The Hall–Kier alpha value is -2.37. The number of halogens is 4. The van der Waals surface area contributed by atoms with Gasteiger partial charge in [-0.1, -0.05) is 11.6 Å². The van der Waals surface area contributed by atoms with E-state index in [4.69, 9.17) is 21.1 Å². The Morgan fingerprint density at radius 2 is 1.85 bits per heavy atom. The fraction of sp³-hybridized carbons (Fsp3) is 0.571. The summed E-state index contributed by atoms with van der Waals surface area (Å²) in [5, 5.41) is 3.08. The van der Waals surface area contributed by atoms with Crippen LogP contribution in [0.3, 0.4) is 0 Å². The van der Waals surface area contributed by atoms with Crippen molar-refractivity contribution < 1.29 is 27.4 Å². The van der Waals surface area contributed by atoms with E-state index in [9.17, 15) is 22.8 Å². The number of fused-ring (bicyclic) bond motifs is 1. The lowest BCUT2D eigenvalue weighted by Crippen LogP contribution is -2.60. The van der Waals surface area contributed by atoms with E-state index in [0.29, 0.717) is 41.3 Å². The SMILES string of the molecule is CSc1cc(C)[nH]c(=O)c1CNC(=O)c1cc(Cl)c2c(c1C)OC(C)(C1CCC3(CC1)CN(CC(F)(F)F)C3)O2. The van der Waals surface area contributed by atoms with Crippen LogP contribution >= 0.6 is 23.4 Å². The fourth-order valence-electron chi connectivity index (χ4n) is 6.39. The van der Waals surface area contributed by atoms with Gasteiger partial charge in [-0.2, -0.15) is 13.2 Å². The Morgan fingerprint density at radius 3 is 2.48 bits per heavy atom. The first-order valence-corrected chi connectivity index (χ1v) is 14.9. The number of nitrogens with one attached hydrogen (secondary N) is 2. The number of hydrogen-bond donors (Lipinski definition) is 2. The molecular formula is C28H33ClF3N3O4S. The molecule has 218 valence electrons. The van der Waals surface area contributed by atoms with Crippen LogP contribution in [0.5, 0.6) is 11.5 Å². The zero-order valence-electron chi connectivity index (χ0n) is 22.9. The lowest BCUT2D eigenvalue weighted by atomic mass is 9.64. The third-order valence-corrected chi connectivity index (χ3v) is 9.56. The maximum absolute atomic E-state index is 13.2. The van der Waals surface area contributed by atoms with Crippen molar-refractivity contribution in [1.82, 2.24) is 15.2 Å². The Labute approximate surface area is 240 Å². The minimum atomic E-state index is -4.17. The molecule has 2 aliphatic heterocycles. The van der Waals surface area contributed by atoms with Crippen LogP contribution in [-0.2, 0) is 6.54 Å². The van der Waals surface area contributed by atoms with Crippen molar-refractivity contribution in [2.45, 2.75) is 69.9 Å². The number of aryl methyl sites for hydroxylation is 1. The van der Waals surface area contributed by atoms with E-state index in [1.807, 2.05) is 19.2 Å². The summed E-state index contributed by atoms with van der Waals surface area (Å²) in [6.07, 6.45) is 0.836. The van der Waals surface area contributed by atoms with Crippen molar-refractivity contribution >= 4 is 29.3 Å². The van der Waals surface area contributed by atoms with Gasteiger partial charge in [0.05, 0.1) is 11.6 Å². The number of benzene rings is 1. The number of amides is 1. The van der Waals surface area contributed by atoms with Crippen molar-refractivity contribution in [2.75, 3.05) is 25.9 Å². The Kier molecular flexibility index (Phi) is 7.63. The number of aromatic amines is 1. The fourth-order valence-corrected chi connectivity index (χ4v) is 7.33. The molecular weight excluding hydrogens is 567 g/mol. The first-order valence-electron chi connectivity index (χ1n) is 13.3. The van der Waals surface area contributed by atoms with Crippen LogP contribution in [0.2, 0.25) is 5.02 Å². The standard InChI is InChI=1S/C28H33ClF3N3O4S/c1-15-9-21(40-4)19(25(37)34-15)11-33-24(36)18-10-20(29)23-22(16(18)2)38-26(3,39-23)17-5-7-27(8-6-17)12-35(13-27)14-28(30,31)32/h9-10,17H,5-8,11-14H2,1-4H3,(H,33,36)(H,34,37). The first-order chi connectivity index (χ1) is 18.7. The molecule has 5 rings (SSSR count). The molecule has 1 aromatic carbocycles. The summed E-state index contributed by atoms with van der Waals surface area (Å²) in [7, 11) is 0. The quantitative estimate of drug-likeness (QED) is 0.406. The van der Waals surface area contributed by atoms with E-state index in [0.717, 1.165) is 36.3 Å². The number of carbonyl (C=O) groups excluding carboxylic acids is 1. The van der Waals surface area contributed by atoms with E-state index in [1.165, 1.54) is 16.7 Å². The molecule has 1 aromatic heterocycles. The van der Waals surface area contributed by atoms with Gasteiger partial charge in [0.15, 0.2) is 11.5 Å². The number of carbonyl (C=O) groups is 1. The summed E-state index contributed by atoms with van der Waals surface area (Å²) in [6, 6.07) is 3.42. The maximum Gasteiger partial charge on any atom is 0.401 e. The molecule has 1 amide bonds. The average molecular weight is 600 g/mol. The largest absolute Gasteiger partial charge is 0.448 e. The second kappa shape index (κ2) is 10.5. The van der Waals surface area contributed by atoms with Crippen molar-refractivity contribution in [3.63, 3.8) is 0 Å². The second-order valence-electron chi connectivity index (χ2n) is 11.5. The van der Waals surface area contributed by atoms with E-state index >= 15 is 0 Å². The van der Waals surface area contributed by atoms with Crippen LogP contribution < -0.4 is 20.3 Å². The van der Waals surface area contributed by atoms with Gasteiger partial charge in [0.25, 0.3) is 17.3 Å². The summed E-state index contributed by atoms with van der Waals surface area (Å²) >= 11 is 8.01. The molecule has 0 bridgehead atoms. The van der Waals surface area contributed by atoms with Gasteiger partial charge in [0, 0.05) is 59.8 Å². The van der Waals surface area contributed by atoms with Crippen LogP contribution in [0.25, 0.3) is 0 Å². The molecule has 1 atom stereocenters. The number of hydrogen-bond acceptors (Lipinski definition) is 6. The minimum absolute atomic E-state index is 0.0214. The van der Waals surface area contributed by atoms with Crippen LogP contribution in [0, 0.1) is 25.2 Å². The molecule has 1 unspecified atom stereocenters. The number of aromatic nitrogens is 1. The summed E-state index contributed by atoms with van der Waals surface area (Å²) < 4.78 is 50.8. The number of likely N-dealkylation sites (tertiary alicyclic amines) is 1. The molecule has 1 saturated carbocycles. The predicted molar refractivity (Wildman–Crippen MR) is 147 cm³/mol. The molecule has 1 aliphatic carbocycles. The molecule has 7 nitrogen and oxygen atoms in total. The number of thioether (sulfide) groups is 1. The normalized spacial score (nSPS) is 22.4. The molecule has 2 aromatic rings. The highest BCUT2D eigenvalue weighted by Gasteiger charge is 2.53. The highest BCUT2D eigenvalue weighted by atomic mass is 35.5. The molecule has 1 saturated heterocycles. The van der Waals surface area contributed by atoms with Gasteiger partial charge < -0.3 is 19.8 Å². The smallest absolute Gasteiger partial charge is 0.401 e. The molecule has 40 heavy (non-hydrogen) atoms. The number of H-pyrrole nitrogens is 1. The van der Waals surface area contributed by atoms with Crippen molar-refractivity contribution in [3.05, 3.63) is 49.9 Å². The van der Waals surface area contributed by atoms with Crippen molar-refractivity contribution in [3.8, 4) is 11.5 Å². The number of pyridine rings is 1.